The van der Waals surface area contributed by atoms with Crippen LogP contribution < -0.4 is 15.4 Å². The fraction of sp³-hybridized carbons (Fsp3) is 0.190. The van der Waals surface area contributed by atoms with Gasteiger partial charge < -0.3 is 10.1 Å². The number of aromatic nitrogens is 1. The van der Waals surface area contributed by atoms with Crippen molar-refractivity contribution in [2.75, 3.05) is 17.2 Å². The van der Waals surface area contributed by atoms with Crippen molar-refractivity contribution in [2.24, 2.45) is 0 Å². The van der Waals surface area contributed by atoms with Gasteiger partial charge in [0.15, 0.2) is 11.7 Å². The summed E-state index contributed by atoms with van der Waals surface area (Å²) in [6, 6.07) is 10.2. The second kappa shape index (κ2) is 8.52. The zero-order valence-electron chi connectivity index (χ0n) is 16.5. The van der Waals surface area contributed by atoms with Crippen LogP contribution in [0, 0.1) is 17.0 Å². The number of nitrogens with zero attached hydrogens (tertiary/aromatic N) is 2. The van der Waals surface area contributed by atoms with E-state index >= 15 is 0 Å². The molecule has 158 valence electrons. The minimum absolute atomic E-state index is 0.0106. The molecule has 0 bridgehead atoms. The van der Waals surface area contributed by atoms with Gasteiger partial charge in [-0.3, -0.25) is 25.0 Å². The number of nitro groups is 1. The Morgan fingerprint density at radius 3 is 2.94 bits per heavy atom. The summed E-state index contributed by atoms with van der Waals surface area (Å²) < 4.78 is 5.56. The number of benzene rings is 2. The Morgan fingerprint density at radius 1 is 1.29 bits per heavy atom. The van der Waals surface area contributed by atoms with E-state index in [0.717, 1.165) is 11.3 Å². The molecule has 0 aliphatic carbocycles. The van der Waals surface area contributed by atoms with Gasteiger partial charge in [-0.05, 0) is 37.1 Å². The number of rotatable bonds is 6. The van der Waals surface area contributed by atoms with Crippen molar-refractivity contribution in [3.8, 4) is 17.0 Å². The average Bonchev–Trinajstić information content (AvgIpc) is 3.20. The van der Waals surface area contributed by atoms with Crippen LogP contribution in [0.15, 0.2) is 41.8 Å². The molecule has 2 N–H and O–H groups in total. The fourth-order valence-corrected chi connectivity index (χ4v) is 3.92. The first-order valence-electron chi connectivity index (χ1n) is 9.45. The van der Waals surface area contributed by atoms with E-state index < -0.39 is 4.92 Å². The number of anilines is 2. The zero-order valence-corrected chi connectivity index (χ0v) is 17.3. The first-order chi connectivity index (χ1) is 14.9. The molecule has 0 atom stereocenters. The molecule has 2 aromatic carbocycles. The van der Waals surface area contributed by atoms with Gasteiger partial charge >= 0.3 is 0 Å². The lowest BCUT2D eigenvalue weighted by Crippen LogP contribution is -2.21. The molecule has 3 aromatic rings. The van der Waals surface area contributed by atoms with Crippen LogP contribution in [-0.4, -0.2) is 28.3 Å². The number of amides is 2. The van der Waals surface area contributed by atoms with E-state index in [1.165, 1.54) is 17.4 Å². The zero-order chi connectivity index (χ0) is 22.0. The molecular formula is C21H18N4O5S. The second-order valence-corrected chi connectivity index (χ2v) is 7.86. The summed E-state index contributed by atoms with van der Waals surface area (Å²) in [6.07, 6.45) is 1.05. The van der Waals surface area contributed by atoms with Gasteiger partial charge in [0.1, 0.15) is 5.75 Å². The van der Waals surface area contributed by atoms with Crippen LogP contribution in [-0.2, 0) is 16.0 Å². The molecule has 9 nitrogen and oxygen atoms in total. The molecule has 0 radical (unpaired) electrons. The molecule has 1 aromatic heterocycles. The van der Waals surface area contributed by atoms with Crippen molar-refractivity contribution in [3.63, 3.8) is 0 Å². The third kappa shape index (κ3) is 4.69. The summed E-state index contributed by atoms with van der Waals surface area (Å²) in [5.41, 5.74) is 3.47. The van der Waals surface area contributed by atoms with Crippen molar-refractivity contribution in [1.82, 2.24) is 4.98 Å². The highest BCUT2D eigenvalue weighted by molar-refractivity contribution is 7.14. The summed E-state index contributed by atoms with van der Waals surface area (Å²) in [5, 5.41) is 18.7. The minimum atomic E-state index is -0.431. The lowest BCUT2D eigenvalue weighted by Gasteiger charge is -2.17. The van der Waals surface area contributed by atoms with Gasteiger partial charge in [0, 0.05) is 34.7 Å². The van der Waals surface area contributed by atoms with E-state index in [4.69, 9.17) is 4.74 Å². The number of carbonyl (C=O) groups excluding carboxylic acids is 2. The fourth-order valence-electron chi connectivity index (χ4n) is 3.18. The summed E-state index contributed by atoms with van der Waals surface area (Å²) in [5.74, 6) is 0.155. The van der Waals surface area contributed by atoms with E-state index in [-0.39, 0.29) is 24.1 Å². The van der Waals surface area contributed by atoms with E-state index in [1.807, 2.05) is 6.07 Å². The predicted molar refractivity (Wildman–Crippen MR) is 116 cm³/mol. The number of nitrogens with one attached hydrogen (secondary N) is 2. The summed E-state index contributed by atoms with van der Waals surface area (Å²) >= 11 is 1.22. The van der Waals surface area contributed by atoms with Crippen LogP contribution in [0.4, 0.5) is 16.5 Å². The molecule has 0 unspecified atom stereocenters. The first-order valence-corrected chi connectivity index (χ1v) is 10.3. The number of nitro benzene ring substituents is 1. The van der Waals surface area contributed by atoms with Crippen molar-refractivity contribution in [2.45, 2.75) is 19.8 Å². The first kappa shape index (κ1) is 20.5. The van der Waals surface area contributed by atoms with E-state index in [1.54, 1.807) is 36.6 Å². The lowest BCUT2D eigenvalue weighted by molar-refractivity contribution is -0.385. The Kier molecular flexibility index (Phi) is 5.63. The third-order valence-electron chi connectivity index (χ3n) is 4.79. The molecule has 0 saturated heterocycles. The van der Waals surface area contributed by atoms with E-state index in [2.05, 4.69) is 15.6 Å². The molecule has 10 heteroatoms. The number of hydrogen-bond acceptors (Lipinski definition) is 7. The smallest absolute Gasteiger partial charge is 0.272 e. The van der Waals surface area contributed by atoms with Gasteiger partial charge in [0.05, 0.1) is 10.6 Å². The Labute approximate surface area is 181 Å². The summed E-state index contributed by atoms with van der Waals surface area (Å²) in [6.45, 7) is 1.48. The van der Waals surface area contributed by atoms with Gasteiger partial charge in [-0.25, -0.2) is 4.98 Å². The topological polar surface area (TPSA) is 123 Å². The molecule has 31 heavy (non-hydrogen) atoms. The predicted octanol–water partition coefficient (Wildman–Crippen LogP) is 3.93. The van der Waals surface area contributed by atoms with E-state index in [9.17, 15) is 19.7 Å². The van der Waals surface area contributed by atoms with Crippen LogP contribution in [0.5, 0.6) is 5.75 Å². The van der Waals surface area contributed by atoms with Crippen molar-refractivity contribution in [1.29, 1.82) is 0 Å². The van der Waals surface area contributed by atoms with Crippen LogP contribution in [0.25, 0.3) is 11.3 Å². The van der Waals surface area contributed by atoms with Crippen molar-refractivity contribution >= 4 is 39.7 Å². The second-order valence-electron chi connectivity index (χ2n) is 7.00. The highest BCUT2D eigenvalue weighted by Gasteiger charge is 2.16. The molecular weight excluding hydrogens is 420 g/mol. The number of fused-ring (bicyclic) bond motifs is 1. The highest BCUT2D eigenvalue weighted by Crippen LogP contribution is 2.30. The number of hydrogen-bond donors (Lipinski definition) is 2. The monoisotopic (exact) mass is 438 g/mol. The number of thiazole rings is 1. The SMILES string of the molecule is Cc1ccc(-c2csc(NC(=O)COc3ccc4c(c3)CCC(=O)N4)n2)cc1[N+](=O)[O-]. The van der Waals surface area contributed by atoms with Crippen molar-refractivity contribution in [3.05, 3.63) is 63.0 Å². The minimum Gasteiger partial charge on any atom is -0.484 e. The quantitative estimate of drug-likeness (QED) is 0.444. The van der Waals surface area contributed by atoms with Gasteiger partial charge in [0.25, 0.3) is 11.6 Å². The molecule has 4 rings (SSSR count). The molecule has 0 fully saturated rings. The Balaban J connectivity index is 1.37. The van der Waals surface area contributed by atoms with Crippen molar-refractivity contribution < 1.29 is 19.2 Å². The third-order valence-corrected chi connectivity index (χ3v) is 5.55. The van der Waals surface area contributed by atoms with Gasteiger partial charge in [0.2, 0.25) is 5.91 Å². The molecule has 2 heterocycles. The standard InChI is InChI=1S/C21H18N4O5S/c1-12-2-3-14(9-18(12)25(28)29)17-11-31-21(23-17)24-20(27)10-30-15-5-6-16-13(8-15)4-7-19(26)22-16/h2-3,5-6,8-9,11H,4,7,10H2,1H3,(H,22,26)(H,23,24,27). The Hall–Kier alpha value is -3.79. The number of carbonyl (C=O) groups is 2. The Morgan fingerprint density at radius 2 is 2.13 bits per heavy atom. The number of aryl methyl sites for hydroxylation is 2. The maximum absolute atomic E-state index is 12.2. The van der Waals surface area contributed by atoms with Gasteiger partial charge in [-0.15, -0.1) is 11.3 Å². The molecule has 0 saturated carbocycles. The number of ether oxygens (including phenoxy) is 1. The summed E-state index contributed by atoms with van der Waals surface area (Å²) in [7, 11) is 0. The highest BCUT2D eigenvalue weighted by atomic mass is 32.1. The van der Waals surface area contributed by atoms with Crippen LogP contribution >= 0.6 is 11.3 Å². The maximum Gasteiger partial charge on any atom is 0.272 e. The molecule has 1 aliphatic heterocycles. The maximum atomic E-state index is 12.2. The largest absolute Gasteiger partial charge is 0.484 e. The van der Waals surface area contributed by atoms with Crippen LogP contribution in [0.2, 0.25) is 0 Å². The summed E-state index contributed by atoms with van der Waals surface area (Å²) in [4.78, 5) is 38.7. The van der Waals surface area contributed by atoms with Crippen LogP contribution in [0.3, 0.4) is 0 Å². The lowest BCUT2D eigenvalue weighted by atomic mass is 10.0. The molecule has 1 aliphatic rings. The van der Waals surface area contributed by atoms with Crippen LogP contribution in [0.1, 0.15) is 17.5 Å². The van der Waals surface area contributed by atoms with E-state index in [0.29, 0.717) is 40.5 Å². The normalized spacial score (nSPS) is 12.6. The molecule has 2 amide bonds. The van der Waals surface area contributed by atoms with Gasteiger partial charge in [-0.1, -0.05) is 12.1 Å². The Bertz CT molecular complexity index is 1190. The average molecular weight is 438 g/mol. The van der Waals surface area contributed by atoms with Gasteiger partial charge in [-0.2, -0.15) is 0 Å². The molecule has 0 spiro atoms.